The molecule has 1 rings (SSSR count). The summed E-state index contributed by atoms with van der Waals surface area (Å²) in [5, 5.41) is 0. The van der Waals surface area contributed by atoms with Crippen molar-refractivity contribution in [3.63, 3.8) is 0 Å². The Kier molecular flexibility index (Phi) is 5.22. The standard InChI is InChI=1S/C10H17BrN2O/c1-2-3-4-5-9(13-12)8-6-7-14-10(8)11/h6-7,9,13H,2-5,12H2,1H3. The minimum atomic E-state index is 0.190. The fraction of sp³-hybridized carbons (Fsp3) is 0.600. The summed E-state index contributed by atoms with van der Waals surface area (Å²) < 4.78 is 5.95. The first kappa shape index (κ1) is 11.8. The molecule has 0 aromatic carbocycles. The van der Waals surface area contributed by atoms with E-state index in [0.717, 1.165) is 16.7 Å². The van der Waals surface area contributed by atoms with Gasteiger partial charge in [0.15, 0.2) is 4.67 Å². The van der Waals surface area contributed by atoms with Crippen molar-refractivity contribution in [3.8, 4) is 0 Å². The largest absolute Gasteiger partial charge is 0.457 e. The van der Waals surface area contributed by atoms with Crippen LogP contribution in [0.15, 0.2) is 21.4 Å². The molecule has 1 aromatic heterocycles. The van der Waals surface area contributed by atoms with Gasteiger partial charge in [0.25, 0.3) is 0 Å². The molecule has 0 fully saturated rings. The SMILES string of the molecule is CCCCCC(NN)c1ccoc1Br. The molecule has 3 nitrogen and oxygen atoms in total. The Morgan fingerprint density at radius 3 is 2.86 bits per heavy atom. The smallest absolute Gasteiger partial charge is 0.173 e. The third-order valence-electron chi connectivity index (χ3n) is 2.32. The predicted molar refractivity (Wildman–Crippen MR) is 60.6 cm³/mol. The molecule has 0 saturated heterocycles. The van der Waals surface area contributed by atoms with E-state index in [-0.39, 0.29) is 6.04 Å². The van der Waals surface area contributed by atoms with E-state index in [4.69, 9.17) is 10.3 Å². The second-order valence-electron chi connectivity index (χ2n) is 3.36. The van der Waals surface area contributed by atoms with E-state index >= 15 is 0 Å². The number of hydrazine groups is 1. The Balaban J connectivity index is 2.50. The highest BCUT2D eigenvalue weighted by Crippen LogP contribution is 2.27. The first-order valence-electron chi connectivity index (χ1n) is 4.98. The van der Waals surface area contributed by atoms with Gasteiger partial charge in [0.1, 0.15) is 0 Å². The van der Waals surface area contributed by atoms with Crippen molar-refractivity contribution < 1.29 is 4.42 Å². The summed E-state index contributed by atoms with van der Waals surface area (Å²) in [6.07, 6.45) is 6.37. The molecule has 14 heavy (non-hydrogen) atoms. The van der Waals surface area contributed by atoms with Crippen LogP contribution in [0.25, 0.3) is 0 Å². The molecule has 1 heterocycles. The van der Waals surface area contributed by atoms with Gasteiger partial charge in [-0.15, -0.1) is 0 Å². The lowest BCUT2D eigenvalue weighted by Crippen LogP contribution is -2.27. The average molecular weight is 261 g/mol. The molecule has 0 aliphatic carbocycles. The Morgan fingerprint density at radius 2 is 2.36 bits per heavy atom. The molecule has 3 N–H and O–H groups in total. The maximum absolute atomic E-state index is 5.50. The molecule has 0 bridgehead atoms. The Morgan fingerprint density at radius 1 is 1.57 bits per heavy atom. The van der Waals surface area contributed by atoms with Crippen molar-refractivity contribution in [1.82, 2.24) is 5.43 Å². The third-order valence-corrected chi connectivity index (χ3v) is 2.96. The van der Waals surface area contributed by atoms with Crippen LogP contribution in [-0.2, 0) is 0 Å². The third kappa shape index (κ3) is 3.12. The maximum atomic E-state index is 5.50. The number of nitrogens with two attached hydrogens (primary N) is 1. The molecule has 1 aromatic rings. The molecule has 0 aliphatic heterocycles. The lowest BCUT2D eigenvalue weighted by Gasteiger charge is -2.14. The van der Waals surface area contributed by atoms with Crippen LogP contribution in [0, 0.1) is 0 Å². The Hall–Kier alpha value is -0.320. The van der Waals surface area contributed by atoms with Gasteiger partial charge in [0, 0.05) is 5.56 Å². The molecule has 0 spiro atoms. The summed E-state index contributed by atoms with van der Waals surface area (Å²) in [7, 11) is 0. The van der Waals surface area contributed by atoms with Crippen LogP contribution in [-0.4, -0.2) is 0 Å². The minimum absolute atomic E-state index is 0.190. The van der Waals surface area contributed by atoms with Crippen molar-refractivity contribution in [2.75, 3.05) is 0 Å². The van der Waals surface area contributed by atoms with Gasteiger partial charge in [-0.05, 0) is 28.4 Å². The Bertz CT molecular complexity index is 262. The second kappa shape index (κ2) is 6.22. The summed E-state index contributed by atoms with van der Waals surface area (Å²) in [5.74, 6) is 5.50. The number of unbranched alkanes of at least 4 members (excludes halogenated alkanes) is 2. The average Bonchev–Trinajstić information content (AvgIpc) is 2.60. The van der Waals surface area contributed by atoms with E-state index in [1.165, 1.54) is 19.3 Å². The summed E-state index contributed by atoms with van der Waals surface area (Å²) in [5.41, 5.74) is 3.91. The van der Waals surface area contributed by atoms with Crippen molar-refractivity contribution in [1.29, 1.82) is 0 Å². The zero-order valence-electron chi connectivity index (χ0n) is 8.42. The first-order chi connectivity index (χ1) is 6.79. The van der Waals surface area contributed by atoms with Crippen molar-refractivity contribution in [2.24, 2.45) is 5.84 Å². The lowest BCUT2D eigenvalue weighted by molar-refractivity contribution is 0.470. The molecule has 1 unspecified atom stereocenters. The van der Waals surface area contributed by atoms with Gasteiger partial charge in [-0.2, -0.15) is 0 Å². The van der Waals surface area contributed by atoms with Gasteiger partial charge in [-0.1, -0.05) is 26.2 Å². The number of rotatable bonds is 6. The highest BCUT2D eigenvalue weighted by Gasteiger charge is 2.14. The molecular formula is C10H17BrN2O. The molecule has 4 heteroatoms. The van der Waals surface area contributed by atoms with E-state index in [9.17, 15) is 0 Å². The first-order valence-corrected chi connectivity index (χ1v) is 5.78. The fourth-order valence-electron chi connectivity index (χ4n) is 1.48. The molecule has 0 amide bonds. The van der Waals surface area contributed by atoms with Gasteiger partial charge in [-0.25, -0.2) is 0 Å². The van der Waals surface area contributed by atoms with Crippen molar-refractivity contribution in [2.45, 2.75) is 38.6 Å². The van der Waals surface area contributed by atoms with E-state index in [1.54, 1.807) is 6.26 Å². The Labute approximate surface area is 93.1 Å². The van der Waals surface area contributed by atoms with Crippen LogP contribution in [0.3, 0.4) is 0 Å². The molecule has 0 aliphatic rings. The molecule has 80 valence electrons. The minimum Gasteiger partial charge on any atom is -0.457 e. The van der Waals surface area contributed by atoms with Gasteiger partial charge >= 0.3 is 0 Å². The second-order valence-corrected chi connectivity index (χ2v) is 4.08. The summed E-state index contributed by atoms with van der Waals surface area (Å²) >= 11 is 3.35. The number of halogens is 1. The van der Waals surface area contributed by atoms with Crippen molar-refractivity contribution in [3.05, 3.63) is 22.6 Å². The lowest BCUT2D eigenvalue weighted by atomic mass is 10.0. The van der Waals surface area contributed by atoms with E-state index in [0.29, 0.717) is 0 Å². The van der Waals surface area contributed by atoms with Gasteiger partial charge in [-0.3, -0.25) is 11.3 Å². The van der Waals surface area contributed by atoms with Crippen LogP contribution in [0.2, 0.25) is 0 Å². The highest BCUT2D eigenvalue weighted by molar-refractivity contribution is 9.10. The normalized spacial score (nSPS) is 13.1. The topological polar surface area (TPSA) is 51.2 Å². The van der Waals surface area contributed by atoms with Crippen molar-refractivity contribution >= 4 is 15.9 Å². The van der Waals surface area contributed by atoms with E-state index in [1.807, 2.05) is 6.07 Å². The quantitative estimate of drug-likeness (QED) is 0.470. The van der Waals surface area contributed by atoms with Crippen LogP contribution in [0.4, 0.5) is 0 Å². The number of hydrogen-bond acceptors (Lipinski definition) is 3. The molecule has 1 atom stereocenters. The van der Waals surface area contributed by atoms with Gasteiger partial charge < -0.3 is 4.42 Å². The number of hydrogen-bond donors (Lipinski definition) is 2. The highest BCUT2D eigenvalue weighted by atomic mass is 79.9. The zero-order chi connectivity index (χ0) is 10.4. The van der Waals surface area contributed by atoms with Crippen LogP contribution >= 0.6 is 15.9 Å². The summed E-state index contributed by atoms with van der Waals surface area (Å²) in [4.78, 5) is 0. The zero-order valence-corrected chi connectivity index (χ0v) is 10.0. The maximum Gasteiger partial charge on any atom is 0.173 e. The van der Waals surface area contributed by atoms with Gasteiger partial charge in [0.2, 0.25) is 0 Å². The van der Waals surface area contributed by atoms with Gasteiger partial charge in [0.05, 0.1) is 12.3 Å². The van der Waals surface area contributed by atoms with E-state index < -0.39 is 0 Å². The monoisotopic (exact) mass is 260 g/mol. The number of furan rings is 1. The van der Waals surface area contributed by atoms with Crippen LogP contribution < -0.4 is 11.3 Å². The van der Waals surface area contributed by atoms with E-state index in [2.05, 4.69) is 28.3 Å². The summed E-state index contributed by atoms with van der Waals surface area (Å²) in [6, 6.07) is 2.13. The fourth-order valence-corrected chi connectivity index (χ4v) is 2.00. The van der Waals surface area contributed by atoms with Crippen LogP contribution in [0.1, 0.15) is 44.2 Å². The summed E-state index contributed by atoms with van der Waals surface area (Å²) in [6.45, 7) is 2.19. The number of nitrogens with one attached hydrogen (secondary N) is 1. The predicted octanol–water partition coefficient (Wildman–Crippen LogP) is 3.13. The molecular weight excluding hydrogens is 244 g/mol. The molecule has 0 saturated carbocycles. The molecule has 0 radical (unpaired) electrons. The van der Waals surface area contributed by atoms with Crippen LogP contribution in [0.5, 0.6) is 0 Å².